The SMILES string of the molecule is Cc1nccnc1C(C)NC1CCCN(C(=O)OC(C)(C)C)C1. The topological polar surface area (TPSA) is 67.4 Å². The molecule has 0 spiro atoms. The van der Waals surface area contributed by atoms with Gasteiger partial charge in [0.2, 0.25) is 0 Å². The maximum absolute atomic E-state index is 12.2. The normalized spacial score (nSPS) is 20.2. The molecule has 0 aromatic carbocycles. The summed E-state index contributed by atoms with van der Waals surface area (Å²) in [6.07, 6.45) is 5.21. The Labute approximate surface area is 138 Å². The molecule has 23 heavy (non-hydrogen) atoms. The minimum absolute atomic E-state index is 0.104. The van der Waals surface area contributed by atoms with Gasteiger partial charge in [-0.25, -0.2) is 4.79 Å². The van der Waals surface area contributed by atoms with E-state index in [0.717, 1.165) is 30.8 Å². The number of rotatable bonds is 3. The third kappa shape index (κ3) is 5.16. The first-order valence-corrected chi connectivity index (χ1v) is 8.28. The van der Waals surface area contributed by atoms with Gasteiger partial charge in [0.15, 0.2) is 0 Å². The number of nitrogens with one attached hydrogen (secondary N) is 1. The lowest BCUT2D eigenvalue weighted by Crippen LogP contribution is -2.49. The summed E-state index contributed by atoms with van der Waals surface area (Å²) >= 11 is 0. The second-order valence-electron chi connectivity index (χ2n) is 7.18. The van der Waals surface area contributed by atoms with E-state index in [1.807, 2.05) is 27.7 Å². The van der Waals surface area contributed by atoms with Gasteiger partial charge < -0.3 is 15.0 Å². The molecule has 0 saturated carbocycles. The molecule has 1 fully saturated rings. The van der Waals surface area contributed by atoms with Crippen LogP contribution in [0.3, 0.4) is 0 Å². The number of aryl methyl sites for hydroxylation is 1. The average Bonchev–Trinajstić information content (AvgIpc) is 2.46. The molecule has 1 saturated heterocycles. The van der Waals surface area contributed by atoms with Crippen LogP contribution in [0.1, 0.15) is 58.0 Å². The van der Waals surface area contributed by atoms with Crippen molar-refractivity contribution >= 4 is 6.09 Å². The number of likely N-dealkylation sites (tertiary alicyclic amines) is 1. The van der Waals surface area contributed by atoms with Crippen LogP contribution in [0.25, 0.3) is 0 Å². The Balaban J connectivity index is 1.94. The standard InChI is InChI=1S/C17H28N4O2/c1-12-15(19-9-8-18-12)13(2)20-14-7-6-10-21(11-14)16(22)23-17(3,4)5/h8-9,13-14,20H,6-7,10-11H2,1-5H3. The number of carbonyl (C=O) groups excluding carboxylic acids is 1. The van der Waals surface area contributed by atoms with E-state index in [1.54, 1.807) is 17.3 Å². The van der Waals surface area contributed by atoms with E-state index in [9.17, 15) is 4.79 Å². The molecule has 1 aromatic heterocycles. The van der Waals surface area contributed by atoms with Gasteiger partial charge in [0, 0.05) is 37.6 Å². The lowest BCUT2D eigenvalue weighted by molar-refractivity contribution is 0.0183. The molecule has 2 rings (SSSR count). The number of piperidine rings is 1. The smallest absolute Gasteiger partial charge is 0.410 e. The molecule has 0 radical (unpaired) electrons. The van der Waals surface area contributed by atoms with Gasteiger partial charge in [-0.05, 0) is 47.5 Å². The van der Waals surface area contributed by atoms with E-state index in [2.05, 4.69) is 22.2 Å². The van der Waals surface area contributed by atoms with Crippen molar-refractivity contribution in [2.24, 2.45) is 0 Å². The van der Waals surface area contributed by atoms with Crippen LogP contribution >= 0.6 is 0 Å². The number of hydrogen-bond donors (Lipinski definition) is 1. The molecule has 1 N–H and O–H groups in total. The van der Waals surface area contributed by atoms with E-state index >= 15 is 0 Å². The van der Waals surface area contributed by atoms with Crippen LogP contribution in [-0.2, 0) is 4.74 Å². The summed E-state index contributed by atoms with van der Waals surface area (Å²) in [4.78, 5) is 22.7. The summed E-state index contributed by atoms with van der Waals surface area (Å²) in [5.74, 6) is 0. The second kappa shape index (κ2) is 7.25. The quantitative estimate of drug-likeness (QED) is 0.927. The molecule has 2 atom stereocenters. The number of nitrogens with zero attached hydrogens (tertiary/aromatic N) is 3. The van der Waals surface area contributed by atoms with Crippen molar-refractivity contribution in [3.8, 4) is 0 Å². The molecule has 1 aromatic rings. The molecule has 1 amide bonds. The largest absolute Gasteiger partial charge is 0.444 e. The van der Waals surface area contributed by atoms with Gasteiger partial charge in [-0.3, -0.25) is 9.97 Å². The zero-order valence-electron chi connectivity index (χ0n) is 14.8. The summed E-state index contributed by atoms with van der Waals surface area (Å²) in [5, 5.41) is 3.57. The van der Waals surface area contributed by atoms with E-state index < -0.39 is 5.60 Å². The third-order valence-electron chi connectivity index (χ3n) is 3.89. The minimum Gasteiger partial charge on any atom is -0.444 e. The van der Waals surface area contributed by atoms with Gasteiger partial charge in [-0.15, -0.1) is 0 Å². The molecule has 1 aliphatic heterocycles. The average molecular weight is 320 g/mol. The van der Waals surface area contributed by atoms with Gasteiger partial charge in [-0.2, -0.15) is 0 Å². The molecule has 6 heteroatoms. The molecule has 128 valence electrons. The molecule has 1 aliphatic rings. The third-order valence-corrected chi connectivity index (χ3v) is 3.89. The Morgan fingerprint density at radius 2 is 2.09 bits per heavy atom. The fourth-order valence-electron chi connectivity index (χ4n) is 2.88. The molecule has 6 nitrogen and oxygen atoms in total. The van der Waals surface area contributed by atoms with Crippen molar-refractivity contribution in [3.63, 3.8) is 0 Å². The highest BCUT2D eigenvalue weighted by atomic mass is 16.6. The number of ether oxygens (including phenoxy) is 1. The van der Waals surface area contributed by atoms with Crippen molar-refractivity contribution in [2.75, 3.05) is 13.1 Å². The number of amides is 1. The van der Waals surface area contributed by atoms with Crippen LogP contribution in [-0.4, -0.2) is 45.7 Å². The monoisotopic (exact) mass is 320 g/mol. The molecular formula is C17H28N4O2. The van der Waals surface area contributed by atoms with Crippen molar-refractivity contribution < 1.29 is 9.53 Å². The van der Waals surface area contributed by atoms with E-state index in [4.69, 9.17) is 4.74 Å². The van der Waals surface area contributed by atoms with Crippen molar-refractivity contribution in [1.82, 2.24) is 20.2 Å². The zero-order chi connectivity index (χ0) is 17.0. The second-order valence-corrected chi connectivity index (χ2v) is 7.18. The predicted molar refractivity (Wildman–Crippen MR) is 89.1 cm³/mol. The summed E-state index contributed by atoms with van der Waals surface area (Å²) in [5.41, 5.74) is 1.44. The van der Waals surface area contributed by atoms with Crippen molar-refractivity contribution in [1.29, 1.82) is 0 Å². The first kappa shape index (κ1) is 17.7. The number of hydrogen-bond acceptors (Lipinski definition) is 5. The maximum atomic E-state index is 12.2. The fourth-order valence-corrected chi connectivity index (χ4v) is 2.88. The predicted octanol–water partition coefficient (Wildman–Crippen LogP) is 2.84. The Hall–Kier alpha value is -1.69. The van der Waals surface area contributed by atoms with E-state index in [-0.39, 0.29) is 18.2 Å². The Morgan fingerprint density at radius 1 is 1.39 bits per heavy atom. The lowest BCUT2D eigenvalue weighted by Gasteiger charge is -2.35. The molecule has 2 heterocycles. The van der Waals surface area contributed by atoms with Gasteiger partial charge in [-0.1, -0.05) is 0 Å². The molecule has 0 aliphatic carbocycles. The fraction of sp³-hybridized carbons (Fsp3) is 0.706. The highest BCUT2D eigenvalue weighted by molar-refractivity contribution is 5.68. The van der Waals surface area contributed by atoms with Crippen LogP contribution in [0.4, 0.5) is 4.79 Å². The van der Waals surface area contributed by atoms with Crippen LogP contribution in [0.2, 0.25) is 0 Å². The number of carbonyl (C=O) groups is 1. The Kier molecular flexibility index (Phi) is 5.57. The number of aromatic nitrogens is 2. The highest BCUT2D eigenvalue weighted by Gasteiger charge is 2.28. The summed E-state index contributed by atoms with van der Waals surface area (Å²) in [6.45, 7) is 11.2. The van der Waals surface area contributed by atoms with Gasteiger partial charge >= 0.3 is 6.09 Å². The Bertz CT molecular complexity index is 542. The first-order chi connectivity index (χ1) is 10.8. The van der Waals surface area contributed by atoms with E-state index in [1.165, 1.54) is 0 Å². The van der Waals surface area contributed by atoms with E-state index in [0.29, 0.717) is 6.54 Å². The van der Waals surface area contributed by atoms with Crippen molar-refractivity contribution in [2.45, 2.75) is 65.1 Å². The van der Waals surface area contributed by atoms with Crippen molar-refractivity contribution in [3.05, 3.63) is 23.8 Å². The minimum atomic E-state index is -0.457. The molecule has 2 unspecified atom stereocenters. The summed E-state index contributed by atoms with van der Waals surface area (Å²) < 4.78 is 5.47. The molecular weight excluding hydrogens is 292 g/mol. The van der Waals surface area contributed by atoms with Gasteiger partial charge in [0.1, 0.15) is 5.60 Å². The highest BCUT2D eigenvalue weighted by Crippen LogP contribution is 2.19. The van der Waals surface area contributed by atoms with Crippen LogP contribution < -0.4 is 5.32 Å². The van der Waals surface area contributed by atoms with Gasteiger partial charge in [0.05, 0.1) is 11.4 Å². The maximum Gasteiger partial charge on any atom is 0.410 e. The van der Waals surface area contributed by atoms with Crippen LogP contribution in [0.15, 0.2) is 12.4 Å². The Morgan fingerprint density at radius 3 is 2.74 bits per heavy atom. The lowest BCUT2D eigenvalue weighted by atomic mass is 10.0. The van der Waals surface area contributed by atoms with Gasteiger partial charge in [0.25, 0.3) is 0 Å². The van der Waals surface area contributed by atoms with Crippen LogP contribution in [0, 0.1) is 6.92 Å². The molecule has 0 bridgehead atoms. The summed E-state index contributed by atoms with van der Waals surface area (Å²) in [7, 11) is 0. The first-order valence-electron chi connectivity index (χ1n) is 8.28. The zero-order valence-corrected chi connectivity index (χ0v) is 14.8. The van der Waals surface area contributed by atoms with Crippen LogP contribution in [0.5, 0.6) is 0 Å². The summed E-state index contributed by atoms with van der Waals surface area (Å²) in [6, 6.07) is 0.347.